The molecule has 0 spiro atoms. The number of nitrogens with one attached hydrogen (secondary N) is 1. The van der Waals surface area contributed by atoms with Crippen LogP contribution in [0.2, 0.25) is 0 Å². The van der Waals surface area contributed by atoms with E-state index in [1.807, 2.05) is 23.5 Å². The zero-order valence-corrected chi connectivity index (χ0v) is 12.9. The minimum atomic E-state index is 0.960. The third kappa shape index (κ3) is 5.91. The molecule has 104 valence electrons. The van der Waals surface area contributed by atoms with Gasteiger partial charge in [-0.25, -0.2) is 0 Å². The molecule has 1 heterocycles. The minimum Gasteiger partial charge on any atom is -0.313 e. The second-order valence-electron chi connectivity index (χ2n) is 4.71. The molecule has 18 heavy (non-hydrogen) atoms. The molecule has 0 aliphatic heterocycles. The van der Waals surface area contributed by atoms with E-state index in [4.69, 9.17) is 0 Å². The lowest BCUT2D eigenvalue weighted by molar-refractivity contribution is 0.598. The summed E-state index contributed by atoms with van der Waals surface area (Å²) in [5.74, 6) is 1.31. The third-order valence-corrected chi connectivity index (χ3v) is 3.79. The Morgan fingerprint density at radius 2 is 2.06 bits per heavy atom. The Morgan fingerprint density at radius 1 is 1.28 bits per heavy atom. The van der Waals surface area contributed by atoms with Crippen LogP contribution in [0, 0.1) is 0 Å². The molecule has 0 saturated heterocycles. The largest absolute Gasteiger partial charge is 0.313 e. The van der Waals surface area contributed by atoms with Crippen LogP contribution in [0.15, 0.2) is 6.20 Å². The van der Waals surface area contributed by atoms with Crippen molar-refractivity contribution in [2.75, 3.05) is 18.6 Å². The lowest BCUT2D eigenvalue weighted by atomic mass is 10.2. The molecule has 0 aromatic carbocycles. The van der Waals surface area contributed by atoms with Gasteiger partial charge in [-0.05, 0) is 37.8 Å². The summed E-state index contributed by atoms with van der Waals surface area (Å²) in [7, 11) is 1.99. The number of thioether (sulfide) groups is 1. The standard InChI is InChI=1S/C14H27N3S/c1-4-14-13(12-17(2)16-14)11-15-9-7-5-6-8-10-18-3/h12,15H,4-11H2,1-3H3. The first-order valence-corrected chi connectivity index (χ1v) is 8.38. The van der Waals surface area contributed by atoms with Crippen molar-refractivity contribution in [1.29, 1.82) is 0 Å². The number of aromatic nitrogens is 2. The van der Waals surface area contributed by atoms with Crippen LogP contribution < -0.4 is 5.32 Å². The Labute approximate surface area is 116 Å². The second kappa shape index (κ2) is 9.45. The van der Waals surface area contributed by atoms with E-state index in [0.29, 0.717) is 0 Å². The van der Waals surface area contributed by atoms with Crippen molar-refractivity contribution in [1.82, 2.24) is 15.1 Å². The quantitative estimate of drug-likeness (QED) is 0.662. The van der Waals surface area contributed by atoms with Crippen molar-refractivity contribution in [3.63, 3.8) is 0 Å². The van der Waals surface area contributed by atoms with E-state index < -0.39 is 0 Å². The average Bonchev–Trinajstić information content (AvgIpc) is 2.73. The Kier molecular flexibility index (Phi) is 8.18. The van der Waals surface area contributed by atoms with Gasteiger partial charge in [-0.15, -0.1) is 0 Å². The van der Waals surface area contributed by atoms with E-state index >= 15 is 0 Å². The van der Waals surface area contributed by atoms with E-state index in [1.165, 1.54) is 42.7 Å². The smallest absolute Gasteiger partial charge is 0.0666 e. The molecule has 3 nitrogen and oxygen atoms in total. The van der Waals surface area contributed by atoms with E-state index in [2.05, 4.69) is 29.8 Å². The molecular weight excluding hydrogens is 242 g/mol. The van der Waals surface area contributed by atoms with Crippen LogP contribution in [0.1, 0.15) is 43.9 Å². The second-order valence-corrected chi connectivity index (χ2v) is 5.70. The fourth-order valence-electron chi connectivity index (χ4n) is 2.10. The van der Waals surface area contributed by atoms with Crippen LogP contribution in [0.5, 0.6) is 0 Å². The molecule has 0 aliphatic carbocycles. The summed E-state index contributed by atoms with van der Waals surface area (Å²) >= 11 is 1.95. The highest BCUT2D eigenvalue weighted by molar-refractivity contribution is 7.98. The van der Waals surface area contributed by atoms with Gasteiger partial charge >= 0.3 is 0 Å². The van der Waals surface area contributed by atoms with Crippen molar-refractivity contribution >= 4 is 11.8 Å². The maximum atomic E-state index is 4.45. The molecule has 0 saturated carbocycles. The molecule has 1 rings (SSSR count). The van der Waals surface area contributed by atoms with Crippen molar-refractivity contribution < 1.29 is 0 Å². The van der Waals surface area contributed by atoms with Crippen molar-refractivity contribution in [2.24, 2.45) is 7.05 Å². The van der Waals surface area contributed by atoms with Gasteiger partial charge in [0.25, 0.3) is 0 Å². The number of unbranched alkanes of at least 4 members (excludes halogenated alkanes) is 3. The Balaban J connectivity index is 2.06. The van der Waals surface area contributed by atoms with Crippen LogP contribution in [-0.2, 0) is 20.0 Å². The van der Waals surface area contributed by atoms with Gasteiger partial charge < -0.3 is 5.32 Å². The first kappa shape index (κ1) is 15.6. The maximum Gasteiger partial charge on any atom is 0.0666 e. The molecule has 0 bridgehead atoms. The molecule has 1 N–H and O–H groups in total. The fourth-order valence-corrected chi connectivity index (χ4v) is 2.59. The summed E-state index contributed by atoms with van der Waals surface area (Å²) < 4.78 is 1.91. The number of hydrogen-bond acceptors (Lipinski definition) is 3. The van der Waals surface area contributed by atoms with Crippen LogP contribution in [0.3, 0.4) is 0 Å². The van der Waals surface area contributed by atoms with Crippen molar-refractivity contribution in [2.45, 2.75) is 45.6 Å². The number of hydrogen-bond donors (Lipinski definition) is 1. The van der Waals surface area contributed by atoms with Gasteiger partial charge in [0.05, 0.1) is 5.69 Å². The highest BCUT2D eigenvalue weighted by Gasteiger charge is 2.04. The normalized spacial score (nSPS) is 11.1. The minimum absolute atomic E-state index is 0.960. The van der Waals surface area contributed by atoms with Crippen LogP contribution in [0.4, 0.5) is 0 Å². The van der Waals surface area contributed by atoms with Crippen LogP contribution in [0.25, 0.3) is 0 Å². The number of nitrogens with zero attached hydrogens (tertiary/aromatic N) is 2. The Morgan fingerprint density at radius 3 is 2.78 bits per heavy atom. The Bertz CT molecular complexity index is 323. The summed E-state index contributed by atoms with van der Waals surface area (Å²) in [6.45, 7) is 4.25. The van der Waals surface area contributed by atoms with Crippen LogP contribution >= 0.6 is 11.8 Å². The molecular formula is C14H27N3S. The summed E-state index contributed by atoms with van der Waals surface area (Å²) in [6, 6.07) is 0. The monoisotopic (exact) mass is 269 g/mol. The van der Waals surface area contributed by atoms with Gasteiger partial charge in [-0.2, -0.15) is 16.9 Å². The molecule has 0 amide bonds. The highest BCUT2D eigenvalue weighted by Crippen LogP contribution is 2.07. The van der Waals surface area contributed by atoms with E-state index in [-0.39, 0.29) is 0 Å². The number of rotatable bonds is 10. The zero-order valence-electron chi connectivity index (χ0n) is 12.0. The van der Waals surface area contributed by atoms with Gasteiger partial charge in [0, 0.05) is 25.4 Å². The SMILES string of the molecule is CCc1nn(C)cc1CNCCCCCCSC. The summed E-state index contributed by atoms with van der Waals surface area (Å²) in [4.78, 5) is 0. The van der Waals surface area contributed by atoms with Gasteiger partial charge in [-0.3, -0.25) is 4.68 Å². The molecule has 0 atom stereocenters. The summed E-state index contributed by atoms with van der Waals surface area (Å²) in [6.07, 6.45) is 10.7. The Hall–Kier alpha value is -0.480. The van der Waals surface area contributed by atoms with Crippen LogP contribution in [-0.4, -0.2) is 28.3 Å². The van der Waals surface area contributed by atoms with Gasteiger partial charge in [0.15, 0.2) is 0 Å². The molecule has 0 unspecified atom stereocenters. The summed E-state index contributed by atoms with van der Waals surface area (Å²) in [5.41, 5.74) is 2.58. The maximum absolute atomic E-state index is 4.45. The molecule has 0 radical (unpaired) electrons. The molecule has 1 aromatic heterocycles. The lowest BCUT2D eigenvalue weighted by Crippen LogP contribution is -2.15. The first-order chi connectivity index (χ1) is 8.77. The van der Waals surface area contributed by atoms with E-state index in [1.54, 1.807) is 0 Å². The molecule has 0 aliphatic rings. The molecule has 4 heteroatoms. The average molecular weight is 269 g/mol. The van der Waals surface area contributed by atoms with Gasteiger partial charge in [0.2, 0.25) is 0 Å². The molecule has 0 fully saturated rings. The van der Waals surface area contributed by atoms with E-state index in [0.717, 1.165) is 19.5 Å². The molecule has 1 aromatic rings. The van der Waals surface area contributed by atoms with Gasteiger partial charge in [0.1, 0.15) is 0 Å². The van der Waals surface area contributed by atoms with E-state index in [9.17, 15) is 0 Å². The van der Waals surface area contributed by atoms with Crippen molar-refractivity contribution in [3.8, 4) is 0 Å². The van der Waals surface area contributed by atoms with Crippen molar-refractivity contribution in [3.05, 3.63) is 17.5 Å². The summed E-state index contributed by atoms with van der Waals surface area (Å²) in [5, 5.41) is 7.97. The topological polar surface area (TPSA) is 29.9 Å². The van der Waals surface area contributed by atoms with Gasteiger partial charge in [-0.1, -0.05) is 19.8 Å². The highest BCUT2D eigenvalue weighted by atomic mass is 32.2. The number of aryl methyl sites for hydroxylation is 2. The predicted molar refractivity (Wildman–Crippen MR) is 81.1 cm³/mol. The zero-order chi connectivity index (χ0) is 13.2. The predicted octanol–water partition coefficient (Wildman–Crippen LogP) is 3.00. The first-order valence-electron chi connectivity index (χ1n) is 6.99. The lowest BCUT2D eigenvalue weighted by Gasteiger charge is -2.04. The fraction of sp³-hybridized carbons (Fsp3) is 0.786. The third-order valence-electron chi connectivity index (χ3n) is 3.09.